The molecule has 0 unspecified atom stereocenters. The van der Waals surface area contributed by atoms with Gasteiger partial charge in [0.15, 0.2) is 0 Å². The van der Waals surface area contributed by atoms with Gasteiger partial charge in [0.1, 0.15) is 12.7 Å². The van der Waals surface area contributed by atoms with Gasteiger partial charge in [-0.3, -0.25) is 0 Å². The summed E-state index contributed by atoms with van der Waals surface area (Å²) in [6, 6.07) is 9.09. The predicted octanol–water partition coefficient (Wildman–Crippen LogP) is 2.76. The third-order valence-corrected chi connectivity index (χ3v) is 6.88. The molecule has 1 aromatic carbocycles. The molecule has 2 aromatic heterocycles. The Labute approximate surface area is 170 Å². The second kappa shape index (κ2) is 8.38. The van der Waals surface area contributed by atoms with Crippen LogP contribution in [0.1, 0.15) is 44.2 Å². The standard InChI is InChI=1S/C20H24N6O2S/c1-2-15-9-16(20-7-4-8-21-24-20)11-19(10-15)29(27,28)25-17-5-3-6-18(12-17)26-13-22-23-14-26/h4,7-11,13-14,17-18,25H,2-3,5-6,12H2,1H3/t17-,18+/m0/s1. The zero-order valence-electron chi connectivity index (χ0n) is 16.3. The lowest BCUT2D eigenvalue weighted by molar-refractivity contribution is 0.305. The first kappa shape index (κ1) is 19.7. The van der Waals surface area contributed by atoms with E-state index in [-0.39, 0.29) is 17.0 Å². The first-order valence-corrected chi connectivity index (χ1v) is 11.3. The van der Waals surface area contributed by atoms with E-state index in [1.807, 2.05) is 23.6 Å². The second-order valence-corrected chi connectivity index (χ2v) is 9.09. The van der Waals surface area contributed by atoms with Crippen molar-refractivity contribution in [3.05, 3.63) is 54.7 Å². The zero-order chi connectivity index (χ0) is 20.3. The summed E-state index contributed by atoms with van der Waals surface area (Å²) < 4.78 is 31.2. The van der Waals surface area contributed by atoms with Crippen LogP contribution in [0.5, 0.6) is 0 Å². The van der Waals surface area contributed by atoms with Crippen LogP contribution in [0.15, 0.2) is 54.1 Å². The topological polar surface area (TPSA) is 103 Å². The molecule has 0 spiro atoms. The van der Waals surface area contributed by atoms with Crippen molar-refractivity contribution in [2.45, 2.75) is 56.0 Å². The van der Waals surface area contributed by atoms with Gasteiger partial charge in [0, 0.05) is 23.8 Å². The second-order valence-electron chi connectivity index (χ2n) is 7.38. The number of hydrogen-bond donors (Lipinski definition) is 1. The Morgan fingerprint density at radius 2 is 1.97 bits per heavy atom. The summed E-state index contributed by atoms with van der Waals surface area (Å²) in [5.74, 6) is 0. The molecule has 0 aliphatic heterocycles. The molecule has 8 nitrogen and oxygen atoms in total. The maximum Gasteiger partial charge on any atom is 0.240 e. The molecule has 2 atom stereocenters. The maximum absolute atomic E-state index is 13.2. The molecule has 0 saturated heterocycles. The zero-order valence-corrected chi connectivity index (χ0v) is 17.1. The fourth-order valence-electron chi connectivity index (χ4n) is 3.85. The lowest BCUT2D eigenvalue weighted by Gasteiger charge is -2.30. The Kier molecular flexibility index (Phi) is 5.68. The molecule has 1 aliphatic rings. The smallest absolute Gasteiger partial charge is 0.240 e. The summed E-state index contributed by atoms with van der Waals surface area (Å²) in [5.41, 5.74) is 2.35. The molecule has 0 bridgehead atoms. The summed E-state index contributed by atoms with van der Waals surface area (Å²) in [4.78, 5) is 0.268. The molecule has 1 N–H and O–H groups in total. The van der Waals surface area contributed by atoms with Crippen LogP contribution in [0.3, 0.4) is 0 Å². The number of sulfonamides is 1. The lowest BCUT2D eigenvalue weighted by atomic mass is 9.91. The van der Waals surface area contributed by atoms with Crippen LogP contribution in [-0.2, 0) is 16.4 Å². The van der Waals surface area contributed by atoms with Gasteiger partial charge in [-0.15, -0.1) is 10.2 Å². The molecule has 4 rings (SSSR count). The summed E-state index contributed by atoms with van der Waals surface area (Å²) in [6.45, 7) is 2.00. The van der Waals surface area contributed by atoms with E-state index in [2.05, 4.69) is 25.1 Å². The Balaban J connectivity index is 1.58. The molecule has 29 heavy (non-hydrogen) atoms. The molecule has 1 aliphatic carbocycles. The Morgan fingerprint density at radius 1 is 1.14 bits per heavy atom. The Morgan fingerprint density at radius 3 is 2.69 bits per heavy atom. The van der Waals surface area contributed by atoms with Gasteiger partial charge < -0.3 is 4.57 Å². The number of nitrogens with zero attached hydrogens (tertiary/aromatic N) is 5. The molecule has 152 valence electrons. The number of nitrogens with one attached hydrogen (secondary N) is 1. The average Bonchev–Trinajstić information content (AvgIpc) is 3.29. The van der Waals surface area contributed by atoms with E-state index in [4.69, 9.17) is 0 Å². The van der Waals surface area contributed by atoms with Gasteiger partial charge in [-0.05, 0) is 68.0 Å². The SMILES string of the molecule is CCc1cc(-c2cccnn2)cc(S(=O)(=O)N[C@H]2CCC[C@@H](n3cnnc3)C2)c1. The van der Waals surface area contributed by atoms with Gasteiger partial charge >= 0.3 is 0 Å². The summed E-state index contributed by atoms with van der Waals surface area (Å²) in [5, 5.41) is 15.8. The Hall–Kier alpha value is -2.65. The van der Waals surface area contributed by atoms with Gasteiger partial charge in [-0.1, -0.05) is 6.92 Å². The van der Waals surface area contributed by atoms with E-state index in [0.29, 0.717) is 5.69 Å². The molecule has 0 radical (unpaired) electrons. The van der Waals surface area contributed by atoms with Gasteiger partial charge in [-0.2, -0.15) is 10.2 Å². The van der Waals surface area contributed by atoms with Crippen molar-refractivity contribution in [1.82, 2.24) is 29.7 Å². The van der Waals surface area contributed by atoms with Crippen molar-refractivity contribution in [2.24, 2.45) is 0 Å². The maximum atomic E-state index is 13.2. The summed E-state index contributed by atoms with van der Waals surface area (Å²) in [6.07, 6.45) is 9.22. The highest BCUT2D eigenvalue weighted by atomic mass is 32.2. The monoisotopic (exact) mass is 412 g/mol. The lowest BCUT2D eigenvalue weighted by Crippen LogP contribution is -2.38. The van der Waals surface area contributed by atoms with E-state index in [1.54, 1.807) is 37.1 Å². The van der Waals surface area contributed by atoms with Crippen molar-refractivity contribution in [2.75, 3.05) is 0 Å². The van der Waals surface area contributed by atoms with Crippen molar-refractivity contribution < 1.29 is 8.42 Å². The minimum atomic E-state index is -3.65. The fourth-order valence-corrected chi connectivity index (χ4v) is 5.23. The first-order valence-electron chi connectivity index (χ1n) is 9.83. The molecule has 2 heterocycles. The molecule has 0 amide bonds. The van der Waals surface area contributed by atoms with Gasteiger partial charge in [-0.25, -0.2) is 13.1 Å². The van der Waals surface area contributed by atoms with Gasteiger partial charge in [0.05, 0.1) is 10.6 Å². The third-order valence-electron chi connectivity index (χ3n) is 5.38. The van der Waals surface area contributed by atoms with Crippen molar-refractivity contribution in [1.29, 1.82) is 0 Å². The molecular formula is C20H24N6O2S. The van der Waals surface area contributed by atoms with Gasteiger partial charge in [0.2, 0.25) is 10.0 Å². The molecule has 9 heteroatoms. The van der Waals surface area contributed by atoms with Crippen LogP contribution in [0.25, 0.3) is 11.3 Å². The van der Waals surface area contributed by atoms with Crippen LogP contribution in [0.2, 0.25) is 0 Å². The first-order chi connectivity index (χ1) is 14.0. The predicted molar refractivity (Wildman–Crippen MR) is 108 cm³/mol. The van der Waals surface area contributed by atoms with E-state index in [1.165, 1.54) is 0 Å². The molecule has 1 fully saturated rings. The van der Waals surface area contributed by atoms with E-state index in [0.717, 1.165) is 43.2 Å². The normalized spacial score (nSPS) is 19.9. The van der Waals surface area contributed by atoms with E-state index < -0.39 is 10.0 Å². The molecular weight excluding hydrogens is 388 g/mol. The van der Waals surface area contributed by atoms with Crippen LogP contribution >= 0.6 is 0 Å². The number of benzene rings is 1. The summed E-state index contributed by atoms with van der Waals surface area (Å²) in [7, 11) is -3.65. The van der Waals surface area contributed by atoms with Crippen molar-refractivity contribution in [3.8, 4) is 11.3 Å². The quantitative estimate of drug-likeness (QED) is 0.668. The third kappa shape index (κ3) is 4.51. The van der Waals surface area contributed by atoms with E-state index in [9.17, 15) is 8.42 Å². The molecule has 3 aromatic rings. The van der Waals surface area contributed by atoms with Crippen molar-refractivity contribution >= 4 is 10.0 Å². The van der Waals surface area contributed by atoms with Crippen LogP contribution in [0.4, 0.5) is 0 Å². The minimum Gasteiger partial charge on any atom is -0.317 e. The fraction of sp³-hybridized carbons (Fsp3) is 0.400. The van der Waals surface area contributed by atoms with Crippen LogP contribution in [0, 0.1) is 0 Å². The number of aromatic nitrogens is 5. The number of rotatable bonds is 6. The largest absolute Gasteiger partial charge is 0.317 e. The highest BCUT2D eigenvalue weighted by molar-refractivity contribution is 7.89. The average molecular weight is 413 g/mol. The Bertz CT molecular complexity index is 1050. The van der Waals surface area contributed by atoms with Crippen LogP contribution < -0.4 is 4.72 Å². The highest BCUT2D eigenvalue weighted by Crippen LogP contribution is 2.30. The van der Waals surface area contributed by atoms with Crippen LogP contribution in [-0.4, -0.2) is 39.4 Å². The highest BCUT2D eigenvalue weighted by Gasteiger charge is 2.28. The molecule has 1 saturated carbocycles. The van der Waals surface area contributed by atoms with Gasteiger partial charge in [0.25, 0.3) is 0 Å². The number of hydrogen-bond acceptors (Lipinski definition) is 6. The number of aryl methyl sites for hydroxylation is 1. The van der Waals surface area contributed by atoms with E-state index >= 15 is 0 Å². The minimum absolute atomic E-state index is 0.119. The summed E-state index contributed by atoms with van der Waals surface area (Å²) >= 11 is 0. The van der Waals surface area contributed by atoms with Crippen molar-refractivity contribution in [3.63, 3.8) is 0 Å².